The van der Waals surface area contributed by atoms with Crippen molar-refractivity contribution in [1.82, 2.24) is 0 Å². The van der Waals surface area contributed by atoms with Gasteiger partial charge in [0, 0.05) is 46.7 Å². The lowest BCUT2D eigenvalue weighted by Gasteiger charge is -2.25. The van der Waals surface area contributed by atoms with Crippen molar-refractivity contribution in [2.24, 2.45) is 0 Å². The first-order chi connectivity index (χ1) is 17.2. The summed E-state index contributed by atoms with van der Waals surface area (Å²) >= 11 is 0. The first-order valence-corrected chi connectivity index (χ1v) is 11.9. The number of nitrogens with zero attached hydrogens (tertiary/aromatic N) is 2. The summed E-state index contributed by atoms with van der Waals surface area (Å²) in [5.74, 6) is 8.22. The number of hydrogen-bond acceptors (Lipinski definition) is 3. The predicted octanol–water partition coefficient (Wildman–Crippen LogP) is 6.66. The second-order valence-corrected chi connectivity index (χ2v) is 8.21. The molecule has 0 spiro atoms. The molecule has 176 valence electrons. The molecule has 4 nitrogen and oxygen atoms in total. The summed E-state index contributed by atoms with van der Waals surface area (Å²) < 4.78 is 12.9. The minimum Gasteiger partial charge on any atom is -0.497 e. The Bertz CT molecular complexity index is 1220. The predicted molar refractivity (Wildman–Crippen MR) is 142 cm³/mol. The van der Waals surface area contributed by atoms with Gasteiger partial charge in [-0.25, -0.2) is 4.57 Å². The Hall–Kier alpha value is -4.23. The van der Waals surface area contributed by atoms with E-state index in [9.17, 15) is 0 Å². The molecule has 0 unspecified atom stereocenters. The summed E-state index contributed by atoms with van der Waals surface area (Å²) in [4.78, 5) is 2.20. The van der Waals surface area contributed by atoms with Crippen LogP contribution in [0.1, 0.15) is 30.9 Å². The van der Waals surface area contributed by atoms with Gasteiger partial charge in [-0.2, -0.15) is 0 Å². The zero-order valence-corrected chi connectivity index (χ0v) is 20.6. The van der Waals surface area contributed by atoms with Crippen LogP contribution in [0, 0.1) is 11.8 Å². The molecule has 1 heterocycles. The van der Waals surface area contributed by atoms with E-state index in [0.717, 1.165) is 46.2 Å². The zero-order valence-electron chi connectivity index (χ0n) is 20.6. The summed E-state index contributed by atoms with van der Waals surface area (Å²) in [6.07, 6.45) is 6.58. The number of rotatable bonds is 8. The molecule has 0 aliphatic heterocycles. The Balaban J connectivity index is 1.58. The van der Waals surface area contributed by atoms with Crippen LogP contribution < -0.4 is 18.9 Å². The number of benzene rings is 3. The molecular weight excluding hydrogens is 432 g/mol. The second-order valence-electron chi connectivity index (χ2n) is 8.21. The number of aryl methyl sites for hydroxylation is 1. The lowest BCUT2D eigenvalue weighted by molar-refractivity contribution is -0.697. The van der Waals surface area contributed by atoms with E-state index >= 15 is 0 Å². The number of unbranched alkanes of at least 4 members (excludes halogenated alkanes) is 1. The first-order valence-electron chi connectivity index (χ1n) is 11.9. The molecule has 0 radical (unpaired) electrons. The van der Waals surface area contributed by atoms with E-state index in [1.54, 1.807) is 14.2 Å². The SMILES string of the molecule is CCCC[n+]1ccc(C#Cc2ccc(N(c3ccc(OC)cc3)c3ccc(OC)cc3)cc2)cc1. The van der Waals surface area contributed by atoms with Crippen molar-refractivity contribution in [2.45, 2.75) is 26.3 Å². The number of methoxy groups -OCH3 is 2. The van der Waals surface area contributed by atoms with Gasteiger partial charge in [0.05, 0.1) is 14.2 Å². The average molecular weight is 464 g/mol. The van der Waals surface area contributed by atoms with Crippen LogP contribution in [0.25, 0.3) is 0 Å². The Kier molecular flexibility index (Phi) is 8.04. The van der Waals surface area contributed by atoms with Crippen molar-refractivity contribution in [2.75, 3.05) is 19.1 Å². The van der Waals surface area contributed by atoms with Gasteiger partial charge in [-0.3, -0.25) is 0 Å². The van der Waals surface area contributed by atoms with Gasteiger partial charge < -0.3 is 14.4 Å². The van der Waals surface area contributed by atoms with E-state index in [1.165, 1.54) is 12.8 Å². The van der Waals surface area contributed by atoms with Gasteiger partial charge >= 0.3 is 0 Å². The van der Waals surface area contributed by atoms with Crippen LogP contribution in [-0.2, 0) is 6.54 Å². The first kappa shape index (κ1) is 23.9. The number of anilines is 3. The fraction of sp³-hybridized carbons (Fsp3) is 0.194. The topological polar surface area (TPSA) is 25.6 Å². The fourth-order valence-corrected chi connectivity index (χ4v) is 3.78. The van der Waals surface area contributed by atoms with Crippen LogP contribution in [0.2, 0.25) is 0 Å². The molecule has 0 amide bonds. The van der Waals surface area contributed by atoms with Crippen molar-refractivity contribution in [3.05, 3.63) is 108 Å². The molecule has 4 heteroatoms. The van der Waals surface area contributed by atoms with Crippen molar-refractivity contribution < 1.29 is 14.0 Å². The van der Waals surface area contributed by atoms with Crippen LogP contribution in [0.3, 0.4) is 0 Å². The molecule has 0 aliphatic carbocycles. The molecule has 0 saturated heterocycles. The third kappa shape index (κ3) is 6.22. The van der Waals surface area contributed by atoms with Gasteiger partial charge in [-0.15, -0.1) is 0 Å². The Morgan fingerprint density at radius 3 is 1.49 bits per heavy atom. The molecular formula is C31H31N2O2+. The lowest BCUT2D eigenvalue weighted by atomic mass is 10.1. The van der Waals surface area contributed by atoms with Gasteiger partial charge in [0.2, 0.25) is 0 Å². The van der Waals surface area contributed by atoms with Crippen molar-refractivity contribution in [3.8, 4) is 23.3 Å². The molecule has 35 heavy (non-hydrogen) atoms. The van der Waals surface area contributed by atoms with E-state index in [0.29, 0.717) is 0 Å². The van der Waals surface area contributed by atoms with Crippen LogP contribution in [-0.4, -0.2) is 14.2 Å². The molecule has 0 bridgehead atoms. The van der Waals surface area contributed by atoms with Crippen LogP contribution >= 0.6 is 0 Å². The van der Waals surface area contributed by atoms with Crippen molar-refractivity contribution in [1.29, 1.82) is 0 Å². The highest BCUT2D eigenvalue weighted by atomic mass is 16.5. The molecule has 0 saturated carbocycles. The van der Waals surface area contributed by atoms with Crippen molar-refractivity contribution >= 4 is 17.1 Å². The fourth-order valence-electron chi connectivity index (χ4n) is 3.78. The normalized spacial score (nSPS) is 10.3. The third-order valence-corrected chi connectivity index (χ3v) is 5.80. The molecule has 0 atom stereocenters. The number of pyridine rings is 1. The molecule has 3 aromatic carbocycles. The molecule has 1 aromatic heterocycles. The maximum Gasteiger partial charge on any atom is 0.170 e. The number of aromatic nitrogens is 1. The largest absolute Gasteiger partial charge is 0.497 e. The minimum absolute atomic E-state index is 0.825. The van der Waals surface area contributed by atoms with Gasteiger partial charge in [-0.05, 0) is 72.8 Å². The van der Waals surface area contributed by atoms with Crippen LogP contribution in [0.15, 0.2) is 97.3 Å². The zero-order chi connectivity index (χ0) is 24.5. The van der Waals surface area contributed by atoms with Gasteiger partial charge in [-0.1, -0.05) is 25.2 Å². The molecule has 4 rings (SSSR count). The molecule has 4 aromatic rings. The Labute approximate surface area is 208 Å². The molecule has 0 fully saturated rings. The quantitative estimate of drug-likeness (QED) is 0.216. The van der Waals surface area contributed by atoms with E-state index < -0.39 is 0 Å². The maximum atomic E-state index is 5.34. The summed E-state index contributed by atoms with van der Waals surface area (Å²) in [6, 6.07) is 28.6. The summed E-state index contributed by atoms with van der Waals surface area (Å²) in [6.45, 7) is 3.25. The number of hydrogen-bond donors (Lipinski definition) is 0. The smallest absolute Gasteiger partial charge is 0.170 e. The molecule has 0 aliphatic rings. The van der Waals surface area contributed by atoms with E-state index in [2.05, 4.69) is 101 Å². The van der Waals surface area contributed by atoms with E-state index in [-0.39, 0.29) is 0 Å². The van der Waals surface area contributed by atoms with Gasteiger partial charge in [0.1, 0.15) is 18.0 Å². The van der Waals surface area contributed by atoms with Crippen LogP contribution in [0.4, 0.5) is 17.1 Å². The van der Waals surface area contributed by atoms with Gasteiger partial charge in [0.15, 0.2) is 12.4 Å². The highest BCUT2D eigenvalue weighted by Gasteiger charge is 2.13. The summed E-state index contributed by atoms with van der Waals surface area (Å²) in [5.41, 5.74) is 5.11. The summed E-state index contributed by atoms with van der Waals surface area (Å²) in [5, 5.41) is 0. The third-order valence-electron chi connectivity index (χ3n) is 5.80. The molecule has 0 N–H and O–H groups in total. The van der Waals surface area contributed by atoms with Crippen molar-refractivity contribution in [3.63, 3.8) is 0 Å². The lowest BCUT2D eigenvalue weighted by Crippen LogP contribution is -2.32. The Morgan fingerprint density at radius 2 is 1.06 bits per heavy atom. The van der Waals surface area contributed by atoms with E-state index in [1.807, 2.05) is 24.3 Å². The average Bonchev–Trinajstić information content (AvgIpc) is 2.93. The summed E-state index contributed by atoms with van der Waals surface area (Å²) in [7, 11) is 3.35. The highest BCUT2D eigenvalue weighted by Crippen LogP contribution is 2.36. The second kappa shape index (κ2) is 11.8. The Morgan fingerprint density at radius 1 is 0.629 bits per heavy atom. The van der Waals surface area contributed by atoms with Gasteiger partial charge in [0.25, 0.3) is 0 Å². The monoisotopic (exact) mass is 463 g/mol. The van der Waals surface area contributed by atoms with E-state index in [4.69, 9.17) is 9.47 Å². The minimum atomic E-state index is 0.825. The number of ether oxygens (including phenoxy) is 2. The highest BCUT2D eigenvalue weighted by molar-refractivity contribution is 5.77. The standard InChI is InChI=1S/C31H31N2O2/c1-4-5-22-32-23-20-26(21-24-32)7-6-25-8-10-27(11-9-25)33(28-12-16-30(34-2)17-13-28)29-14-18-31(35-3)19-15-29/h8-21,23-24H,4-5,22H2,1-3H3/q+1. The van der Waals surface area contributed by atoms with Crippen LogP contribution in [0.5, 0.6) is 11.5 Å². The maximum absolute atomic E-state index is 5.34.